The third-order valence-electron chi connectivity index (χ3n) is 5.12. The number of hydrogen-bond donors (Lipinski definition) is 1. The van der Waals surface area contributed by atoms with Gasteiger partial charge in [0, 0.05) is 25.2 Å². The molecule has 0 aromatic rings. The number of hydrogen-bond acceptors (Lipinski definition) is 3. The molecule has 0 aromatic carbocycles. The molecule has 3 nitrogen and oxygen atoms in total. The standard InChI is InChI=1S/C16H33N3/c1-14(19-10-5-4-6-11-19)12-17-15(2)16-8-7-9-18(3)13-16/h14-17H,4-13H2,1-3H3. The molecule has 0 saturated carbocycles. The second-order valence-corrected chi connectivity index (χ2v) is 6.81. The van der Waals surface area contributed by atoms with E-state index in [1.54, 1.807) is 0 Å². The van der Waals surface area contributed by atoms with E-state index in [0.717, 1.165) is 12.5 Å². The van der Waals surface area contributed by atoms with E-state index in [9.17, 15) is 0 Å². The van der Waals surface area contributed by atoms with E-state index >= 15 is 0 Å². The second-order valence-electron chi connectivity index (χ2n) is 6.81. The zero-order valence-corrected chi connectivity index (χ0v) is 13.2. The van der Waals surface area contributed by atoms with E-state index in [4.69, 9.17) is 0 Å². The van der Waals surface area contributed by atoms with E-state index in [1.807, 2.05) is 0 Å². The van der Waals surface area contributed by atoms with Crippen LogP contribution in [-0.4, -0.2) is 61.7 Å². The highest BCUT2D eigenvalue weighted by atomic mass is 15.2. The first kappa shape index (κ1) is 15.3. The topological polar surface area (TPSA) is 18.5 Å². The van der Waals surface area contributed by atoms with E-state index in [-0.39, 0.29) is 0 Å². The van der Waals surface area contributed by atoms with E-state index in [1.165, 1.54) is 58.3 Å². The molecule has 0 aromatic heterocycles. The Kier molecular flexibility index (Phi) is 6.11. The highest BCUT2D eigenvalue weighted by Gasteiger charge is 2.23. The molecule has 2 fully saturated rings. The van der Waals surface area contributed by atoms with Gasteiger partial charge >= 0.3 is 0 Å². The summed E-state index contributed by atoms with van der Waals surface area (Å²) >= 11 is 0. The van der Waals surface area contributed by atoms with Crippen molar-refractivity contribution in [1.29, 1.82) is 0 Å². The Hall–Kier alpha value is -0.120. The average Bonchev–Trinajstić information content (AvgIpc) is 2.45. The number of rotatable bonds is 5. The molecule has 1 N–H and O–H groups in total. The van der Waals surface area contributed by atoms with Crippen molar-refractivity contribution in [3.63, 3.8) is 0 Å². The third-order valence-corrected chi connectivity index (χ3v) is 5.12. The van der Waals surface area contributed by atoms with Crippen LogP contribution < -0.4 is 5.32 Å². The fraction of sp³-hybridized carbons (Fsp3) is 1.00. The minimum absolute atomic E-state index is 0.662. The van der Waals surface area contributed by atoms with Gasteiger partial charge in [-0.1, -0.05) is 6.42 Å². The van der Waals surface area contributed by atoms with Crippen LogP contribution in [0, 0.1) is 5.92 Å². The van der Waals surface area contributed by atoms with Crippen molar-refractivity contribution in [3.8, 4) is 0 Å². The van der Waals surface area contributed by atoms with Crippen molar-refractivity contribution < 1.29 is 0 Å². The van der Waals surface area contributed by atoms with Gasteiger partial charge in [-0.3, -0.25) is 4.90 Å². The van der Waals surface area contributed by atoms with Crippen LogP contribution in [-0.2, 0) is 0 Å². The Labute approximate surface area is 119 Å². The minimum Gasteiger partial charge on any atom is -0.312 e. The summed E-state index contributed by atoms with van der Waals surface area (Å²) in [5.41, 5.74) is 0. The highest BCUT2D eigenvalue weighted by molar-refractivity contribution is 4.81. The van der Waals surface area contributed by atoms with Gasteiger partial charge in [-0.15, -0.1) is 0 Å². The molecule has 3 heteroatoms. The SMILES string of the molecule is CC(NCC(C)N1CCCCC1)C1CCCN(C)C1. The summed E-state index contributed by atoms with van der Waals surface area (Å²) in [4.78, 5) is 5.15. The molecule has 19 heavy (non-hydrogen) atoms. The summed E-state index contributed by atoms with van der Waals surface area (Å²) in [5.74, 6) is 0.840. The molecule has 0 amide bonds. The van der Waals surface area contributed by atoms with Gasteiger partial charge in [0.15, 0.2) is 0 Å². The van der Waals surface area contributed by atoms with E-state index in [2.05, 4.69) is 36.0 Å². The smallest absolute Gasteiger partial charge is 0.0192 e. The lowest BCUT2D eigenvalue weighted by Crippen LogP contribution is -2.48. The van der Waals surface area contributed by atoms with Crippen LogP contribution in [0.15, 0.2) is 0 Å². The molecule has 2 heterocycles. The molecule has 3 unspecified atom stereocenters. The predicted molar refractivity (Wildman–Crippen MR) is 82.6 cm³/mol. The van der Waals surface area contributed by atoms with Crippen LogP contribution in [0.3, 0.4) is 0 Å². The number of piperidine rings is 2. The first-order valence-corrected chi connectivity index (χ1v) is 8.33. The van der Waals surface area contributed by atoms with Crippen LogP contribution in [0.25, 0.3) is 0 Å². The van der Waals surface area contributed by atoms with Gasteiger partial charge < -0.3 is 10.2 Å². The van der Waals surface area contributed by atoms with Gasteiger partial charge in [0.05, 0.1) is 0 Å². The number of likely N-dealkylation sites (tertiary alicyclic amines) is 2. The Morgan fingerprint density at radius 3 is 2.47 bits per heavy atom. The van der Waals surface area contributed by atoms with Gasteiger partial charge in [0.1, 0.15) is 0 Å². The van der Waals surface area contributed by atoms with Crippen LogP contribution >= 0.6 is 0 Å². The molecule has 0 radical (unpaired) electrons. The van der Waals surface area contributed by atoms with Crippen LogP contribution in [0.4, 0.5) is 0 Å². The Bertz CT molecular complexity index is 250. The van der Waals surface area contributed by atoms with Gasteiger partial charge in [0.25, 0.3) is 0 Å². The molecule has 0 aliphatic carbocycles. The van der Waals surface area contributed by atoms with Gasteiger partial charge in [0.2, 0.25) is 0 Å². The summed E-state index contributed by atoms with van der Waals surface area (Å²) in [6.45, 7) is 11.1. The van der Waals surface area contributed by atoms with Crippen molar-refractivity contribution in [2.24, 2.45) is 5.92 Å². The Morgan fingerprint density at radius 1 is 1.05 bits per heavy atom. The zero-order chi connectivity index (χ0) is 13.7. The predicted octanol–water partition coefficient (Wildman–Crippen LogP) is 2.18. The molecular formula is C16H33N3. The number of nitrogens with zero attached hydrogens (tertiary/aromatic N) is 2. The van der Waals surface area contributed by atoms with Crippen LogP contribution in [0.1, 0.15) is 46.0 Å². The first-order chi connectivity index (χ1) is 9.16. The lowest BCUT2D eigenvalue weighted by atomic mass is 9.92. The van der Waals surface area contributed by atoms with Crippen molar-refractivity contribution in [1.82, 2.24) is 15.1 Å². The molecule has 112 valence electrons. The Balaban J connectivity index is 1.68. The normalized spacial score (nSPS) is 30.2. The maximum atomic E-state index is 3.80. The van der Waals surface area contributed by atoms with Crippen molar-refractivity contribution in [2.75, 3.05) is 39.8 Å². The fourth-order valence-corrected chi connectivity index (χ4v) is 3.63. The number of nitrogens with one attached hydrogen (secondary N) is 1. The quantitative estimate of drug-likeness (QED) is 0.824. The average molecular weight is 267 g/mol. The first-order valence-electron chi connectivity index (χ1n) is 8.33. The van der Waals surface area contributed by atoms with Gasteiger partial charge in [-0.05, 0) is 72.1 Å². The summed E-state index contributed by atoms with van der Waals surface area (Å²) < 4.78 is 0. The summed E-state index contributed by atoms with van der Waals surface area (Å²) in [7, 11) is 2.26. The van der Waals surface area contributed by atoms with Crippen LogP contribution in [0.5, 0.6) is 0 Å². The molecule has 2 rings (SSSR count). The fourth-order valence-electron chi connectivity index (χ4n) is 3.63. The largest absolute Gasteiger partial charge is 0.312 e. The summed E-state index contributed by atoms with van der Waals surface area (Å²) in [6.07, 6.45) is 6.99. The zero-order valence-electron chi connectivity index (χ0n) is 13.2. The molecule has 2 aliphatic heterocycles. The summed E-state index contributed by atoms with van der Waals surface area (Å²) in [6, 6.07) is 1.36. The highest BCUT2D eigenvalue weighted by Crippen LogP contribution is 2.19. The molecule has 2 aliphatic rings. The lowest BCUT2D eigenvalue weighted by Gasteiger charge is -2.36. The lowest BCUT2D eigenvalue weighted by molar-refractivity contribution is 0.150. The Morgan fingerprint density at radius 2 is 1.79 bits per heavy atom. The van der Waals surface area contributed by atoms with E-state index < -0.39 is 0 Å². The molecule has 3 atom stereocenters. The van der Waals surface area contributed by atoms with E-state index in [0.29, 0.717) is 12.1 Å². The maximum Gasteiger partial charge on any atom is 0.0192 e. The third kappa shape index (κ3) is 4.73. The van der Waals surface area contributed by atoms with Gasteiger partial charge in [-0.2, -0.15) is 0 Å². The van der Waals surface area contributed by atoms with Crippen molar-refractivity contribution in [2.45, 2.75) is 58.0 Å². The van der Waals surface area contributed by atoms with Crippen LogP contribution in [0.2, 0.25) is 0 Å². The van der Waals surface area contributed by atoms with Crippen molar-refractivity contribution in [3.05, 3.63) is 0 Å². The van der Waals surface area contributed by atoms with Gasteiger partial charge in [-0.25, -0.2) is 0 Å². The molecule has 0 spiro atoms. The monoisotopic (exact) mass is 267 g/mol. The maximum absolute atomic E-state index is 3.80. The minimum atomic E-state index is 0.662. The molecular weight excluding hydrogens is 234 g/mol. The molecule has 2 saturated heterocycles. The second kappa shape index (κ2) is 7.61. The van der Waals surface area contributed by atoms with Crippen molar-refractivity contribution >= 4 is 0 Å². The molecule has 0 bridgehead atoms. The summed E-state index contributed by atoms with van der Waals surface area (Å²) in [5, 5.41) is 3.80.